The summed E-state index contributed by atoms with van der Waals surface area (Å²) in [4.78, 5) is 19.9. The Morgan fingerprint density at radius 2 is 2.36 bits per heavy atom. The molecule has 6 nitrogen and oxygen atoms in total. The van der Waals surface area contributed by atoms with Gasteiger partial charge in [0.25, 0.3) is 0 Å². The molecule has 0 bridgehead atoms. The molecule has 0 radical (unpaired) electrons. The SMILES string of the molecule is CN=C(NCC(=O)Nc1cccnc1)NCC1CCCS1.I. The maximum absolute atomic E-state index is 11.8. The average Bonchev–Trinajstić information content (AvgIpc) is 3.02. The van der Waals surface area contributed by atoms with Crippen molar-refractivity contribution in [2.24, 2.45) is 4.99 Å². The molecule has 2 rings (SSSR count). The highest BCUT2D eigenvalue weighted by Gasteiger charge is 2.15. The number of nitrogens with zero attached hydrogens (tertiary/aromatic N) is 2. The van der Waals surface area contributed by atoms with Gasteiger partial charge >= 0.3 is 0 Å². The van der Waals surface area contributed by atoms with Gasteiger partial charge in [-0.25, -0.2) is 0 Å². The van der Waals surface area contributed by atoms with E-state index >= 15 is 0 Å². The number of pyridine rings is 1. The lowest BCUT2D eigenvalue weighted by atomic mass is 10.2. The zero-order valence-electron chi connectivity index (χ0n) is 12.5. The van der Waals surface area contributed by atoms with Gasteiger partial charge in [0, 0.05) is 25.0 Å². The molecule has 0 saturated carbocycles. The summed E-state index contributed by atoms with van der Waals surface area (Å²) in [5.74, 6) is 1.77. The van der Waals surface area contributed by atoms with Crippen molar-refractivity contribution in [2.45, 2.75) is 18.1 Å². The van der Waals surface area contributed by atoms with Crippen LogP contribution in [0.3, 0.4) is 0 Å². The Balaban J connectivity index is 0.00000242. The Morgan fingerprint density at radius 1 is 1.50 bits per heavy atom. The summed E-state index contributed by atoms with van der Waals surface area (Å²) < 4.78 is 0. The molecule has 1 aliphatic heterocycles. The lowest BCUT2D eigenvalue weighted by molar-refractivity contribution is -0.115. The molecule has 1 aromatic rings. The maximum Gasteiger partial charge on any atom is 0.243 e. The third kappa shape index (κ3) is 6.82. The number of hydrogen-bond donors (Lipinski definition) is 3. The van der Waals surface area contributed by atoms with Gasteiger partial charge in [0.15, 0.2) is 5.96 Å². The standard InChI is InChI=1S/C14H21N5OS.HI/c1-15-14(17-9-12-5-3-7-21-12)18-10-13(20)19-11-4-2-6-16-8-11;/h2,4,6,8,12H,3,5,7,9-10H2,1H3,(H,19,20)(H2,15,17,18);1H. The summed E-state index contributed by atoms with van der Waals surface area (Å²) in [6.45, 7) is 1.06. The van der Waals surface area contributed by atoms with E-state index in [1.165, 1.54) is 18.6 Å². The number of anilines is 1. The number of carbonyl (C=O) groups excluding carboxylic acids is 1. The van der Waals surface area contributed by atoms with E-state index in [-0.39, 0.29) is 36.4 Å². The molecular weight excluding hydrogens is 413 g/mol. The number of rotatable bonds is 5. The summed E-state index contributed by atoms with van der Waals surface area (Å²) in [7, 11) is 1.70. The van der Waals surface area contributed by atoms with Gasteiger partial charge in [-0.2, -0.15) is 11.8 Å². The van der Waals surface area contributed by atoms with Crippen molar-refractivity contribution in [3.05, 3.63) is 24.5 Å². The number of amides is 1. The minimum absolute atomic E-state index is 0. The van der Waals surface area contributed by atoms with Crippen molar-refractivity contribution in [3.8, 4) is 0 Å². The van der Waals surface area contributed by atoms with E-state index in [4.69, 9.17) is 0 Å². The molecule has 8 heteroatoms. The molecule has 0 spiro atoms. The number of hydrogen-bond acceptors (Lipinski definition) is 4. The minimum atomic E-state index is -0.124. The van der Waals surface area contributed by atoms with Crippen LogP contribution in [0, 0.1) is 0 Å². The Labute approximate surface area is 152 Å². The third-order valence-electron chi connectivity index (χ3n) is 3.11. The Hall–Kier alpha value is -1.03. The predicted molar refractivity (Wildman–Crippen MR) is 103 cm³/mol. The zero-order valence-corrected chi connectivity index (χ0v) is 15.7. The van der Waals surface area contributed by atoms with E-state index in [2.05, 4.69) is 25.9 Å². The fraction of sp³-hybridized carbons (Fsp3) is 0.500. The molecule has 22 heavy (non-hydrogen) atoms. The van der Waals surface area contributed by atoms with Gasteiger partial charge in [-0.15, -0.1) is 24.0 Å². The van der Waals surface area contributed by atoms with Crippen molar-refractivity contribution in [2.75, 3.05) is 31.2 Å². The first-order valence-corrected chi connectivity index (χ1v) is 8.09. The Bertz CT molecular complexity index is 479. The first-order valence-electron chi connectivity index (χ1n) is 7.04. The van der Waals surface area contributed by atoms with E-state index in [1.807, 2.05) is 11.8 Å². The number of aliphatic imine (C=N–C) groups is 1. The smallest absolute Gasteiger partial charge is 0.243 e. The fourth-order valence-electron chi connectivity index (χ4n) is 2.04. The van der Waals surface area contributed by atoms with E-state index in [0.717, 1.165) is 6.54 Å². The fourth-order valence-corrected chi connectivity index (χ4v) is 3.24. The van der Waals surface area contributed by atoms with Crippen LogP contribution in [0.5, 0.6) is 0 Å². The number of halogens is 1. The summed E-state index contributed by atoms with van der Waals surface area (Å²) in [6, 6.07) is 3.58. The molecule has 3 N–H and O–H groups in total. The van der Waals surface area contributed by atoms with Crippen LogP contribution in [0.2, 0.25) is 0 Å². The van der Waals surface area contributed by atoms with Gasteiger partial charge in [-0.3, -0.25) is 14.8 Å². The van der Waals surface area contributed by atoms with Crippen LogP contribution in [0.1, 0.15) is 12.8 Å². The van der Waals surface area contributed by atoms with Crippen molar-refractivity contribution in [1.82, 2.24) is 15.6 Å². The molecule has 0 aromatic carbocycles. The van der Waals surface area contributed by atoms with E-state index in [1.54, 1.807) is 31.6 Å². The van der Waals surface area contributed by atoms with E-state index in [9.17, 15) is 4.79 Å². The summed E-state index contributed by atoms with van der Waals surface area (Å²) >= 11 is 1.99. The number of thioether (sulfide) groups is 1. The quantitative estimate of drug-likeness (QED) is 0.373. The van der Waals surface area contributed by atoms with Crippen molar-refractivity contribution in [1.29, 1.82) is 0 Å². The molecule has 122 valence electrons. The number of nitrogens with one attached hydrogen (secondary N) is 3. The number of aromatic nitrogens is 1. The summed E-state index contributed by atoms with van der Waals surface area (Å²) in [5, 5.41) is 9.68. The highest BCUT2D eigenvalue weighted by atomic mass is 127. The van der Waals surface area contributed by atoms with Crippen LogP contribution in [-0.2, 0) is 4.79 Å². The number of guanidine groups is 1. The summed E-state index contributed by atoms with van der Waals surface area (Å²) in [6.07, 6.45) is 5.82. The molecule has 1 amide bonds. The Kier molecular flexibility index (Phi) is 9.21. The van der Waals surface area contributed by atoms with Crippen LogP contribution < -0.4 is 16.0 Å². The van der Waals surface area contributed by atoms with Crippen LogP contribution in [0.4, 0.5) is 5.69 Å². The topological polar surface area (TPSA) is 78.4 Å². The maximum atomic E-state index is 11.8. The first kappa shape index (κ1) is 19.0. The molecule has 1 fully saturated rings. The second-order valence-electron chi connectivity index (χ2n) is 4.73. The van der Waals surface area contributed by atoms with Crippen LogP contribution >= 0.6 is 35.7 Å². The second kappa shape index (κ2) is 10.7. The molecular formula is C14H22IN5OS. The monoisotopic (exact) mass is 435 g/mol. The minimum Gasteiger partial charge on any atom is -0.355 e. The molecule has 2 heterocycles. The van der Waals surface area contributed by atoms with Gasteiger partial charge in [0.05, 0.1) is 18.4 Å². The van der Waals surface area contributed by atoms with Gasteiger partial charge in [0.1, 0.15) is 0 Å². The van der Waals surface area contributed by atoms with Crippen molar-refractivity contribution in [3.63, 3.8) is 0 Å². The molecule has 1 unspecified atom stereocenters. The van der Waals surface area contributed by atoms with Crippen LogP contribution in [0.15, 0.2) is 29.5 Å². The van der Waals surface area contributed by atoms with E-state index in [0.29, 0.717) is 16.9 Å². The highest BCUT2D eigenvalue weighted by molar-refractivity contribution is 14.0. The molecule has 1 atom stereocenters. The van der Waals surface area contributed by atoms with Gasteiger partial charge in [-0.1, -0.05) is 0 Å². The highest BCUT2D eigenvalue weighted by Crippen LogP contribution is 2.25. The largest absolute Gasteiger partial charge is 0.355 e. The Morgan fingerprint density at radius 3 is 3.00 bits per heavy atom. The lowest BCUT2D eigenvalue weighted by Crippen LogP contribution is -2.43. The van der Waals surface area contributed by atoms with Crippen molar-refractivity contribution >= 4 is 53.3 Å². The number of carbonyl (C=O) groups is 1. The third-order valence-corrected chi connectivity index (χ3v) is 4.50. The lowest BCUT2D eigenvalue weighted by Gasteiger charge is -2.14. The van der Waals surface area contributed by atoms with Gasteiger partial charge in [-0.05, 0) is 30.7 Å². The molecule has 1 aromatic heterocycles. The summed E-state index contributed by atoms with van der Waals surface area (Å²) in [5.41, 5.74) is 0.689. The van der Waals surface area contributed by atoms with Gasteiger partial charge < -0.3 is 16.0 Å². The average molecular weight is 435 g/mol. The van der Waals surface area contributed by atoms with Crippen LogP contribution in [-0.4, -0.2) is 48.0 Å². The van der Waals surface area contributed by atoms with Crippen molar-refractivity contribution < 1.29 is 4.79 Å². The molecule has 1 aliphatic rings. The van der Waals surface area contributed by atoms with Crippen LogP contribution in [0.25, 0.3) is 0 Å². The predicted octanol–water partition coefficient (Wildman–Crippen LogP) is 1.70. The normalized spacial score (nSPS) is 17.5. The molecule has 0 aliphatic carbocycles. The van der Waals surface area contributed by atoms with Gasteiger partial charge in [0.2, 0.25) is 5.91 Å². The molecule has 1 saturated heterocycles. The first-order chi connectivity index (χ1) is 10.3. The second-order valence-corrected chi connectivity index (χ2v) is 6.14. The zero-order chi connectivity index (χ0) is 14.9. The van der Waals surface area contributed by atoms with E-state index < -0.39 is 0 Å².